The van der Waals surface area contributed by atoms with Gasteiger partial charge >= 0.3 is 0 Å². The van der Waals surface area contributed by atoms with Crippen LogP contribution >= 0.6 is 0 Å². The highest BCUT2D eigenvalue weighted by Crippen LogP contribution is 2.11. The zero-order valence-electron chi connectivity index (χ0n) is 8.69. The van der Waals surface area contributed by atoms with Crippen molar-refractivity contribution in [1.29, 1.82) is 0 Å². The highest BCUT2D eigenvalue weighted by atomic mass is 16.6. The SMILES string of the molecule is CC(=O)NCC#Cc1cccc([N+](=O)[O-])c1. The molecule has 0 spiro atoms. The number of hydrogen-bond donors (Lipinski definition) is 1. The minimum atomic E-state index is -0.473. The first-order chi connectivity index (χ1) is 7.59. The molecule has 1 aromatic carbocycles. The summed E-state index contributed by atoms with van der Waals surface area (Å²) in [5.74, 6) is 5.26. The van der Waals surface area contributed by atoms with Gasteiger partial charge in [0.25, 0.3) is 5.69 Å². The average Bonchev–Trinajstić information content (AvgIpc) is 2.24. The van der Waals surface area contributed by atoms with Crippen LogP contribution in [0, 0.1) is 22.0 Å². The summed E-state index contributed by atoms with van der Waals surface area (Å²) >= 11 is 0. The number of nitrogens with zero attached hydrogens (tertiary/aromatic N) is 1. The summed E-state index contributed by atoms with van der Waals surface area (Å²) in [6.07, 6.45) is 0. The van der Waals surface area contributed by atoms with Crippen molar-refractivity contribution in [3.8, 4) is 11.8 Å². The van der Waals surface area contributed by atoms with E-state index in [1.54, 1.807) is 12.1 Å². The van der Waals surface area contributed by atoms with Crippen LogP contribution in [0.5, 0.6) is 0 Å². The largest absolute Gasteiger partial charge is 0.345 e. The molecule has 0 atom stereocenters. The lowest BCUT2D eigenvalue weighted by atomic mass is 10.2. The topological polar surface area (TPSA) is 72.2 Å². The first kappa shape index (κ1) is 11.7. The van der Waals surface area contributed by atoms with Gasteiger partial charge in [0.1, 0.15) is 0 Å². The minimum Gasteiger partial charge on any atom is -0.345 e. The van der Waals surface area contributed by atoms with Gasteiger partial charge in [-0.05, 0) is 6.07 Å². The molecule has 1 rings (SSSR count). The molecule has 1 N–H and O–H groups in total. The second-order valence-electron chi connectivity index (χ2n) is 3.02. The number of carbonyl (C=O) groups is 1. The lowest BCUT2D eigenvalue weighted by Gasteiger charge is -1.93. The molecule has 0 aliphatic carbocycles. The van der Waals surface area contributed by atoms with Gasteiger partial charge in [0.2, 0.25) is 5.91 Å². The summed E-state index contributed by atoms with van der Waals surface area (Å²) in [5, 5.41) is 13.0. The van der Waals surface area contributed by atoms with Crippen molar-refractivity contribution in [3.05, 3.63) is 39.9 Å². The Balaban J connectivity index is 2.70. The monoisotopic (exact) mass is 218 g/mol. The Kier molecular flexibility index (Phi) is 4.04. The molecule has 0 aliphatic rings. The van der Waals surface area contributed by atoms with Crippen LogP contribution in [-0.2, 0) is 4.79 Å². The molecule has 0 unspecified atom stereocenters. The van der Waals surface area contributed by atoms with Crippen LogP contribution in [0.15, 0.2) is 24.3 Å². The van der Waals surface area contributed by atoms with Crippen molar-refractivity contribution in [3.63, 3.8) is 0 Å². The molecule has 0 fully saturated rings. The van der Waals surface area contributed by atoms with Gasteiger partial charge in [-0.1, -0.05) is 17.9 Å². The Hall–Kier alpha value is -2.35. The van der Waals surface area contributed by atoms with Gasteiger partial charge < -0.3 is 5.32 Å². The van der Waals surface area contributed by atoms with Crippen LogP contribution in [0.3, 0.4) is 0 Å². The lowest BCUT2D eigenvalue weighted by molar-refractivity contribution is -0.384. The summed E-state index contributed by atoms with van der Waals surface area (Å²) in [7, 11) is 0. The zero-order valence-corrected chi connectivity index (χ0v) is 8.69. The summed E-state index contributed by atoms with van der Waals surface area (Å²) in [6, 6.07) is 6.04. The van der Waals surface area contributed by atoms with Gasteiger partial charge in [0.05, 0.1) is 11.5 Å². The smallest absolute Gasteiger partial charge is 0.270 e. The number of rotatable bonds is 2. The molecule has 0 saturated carbocycles. The molecule has 0 saturated heterocycles. The van der Waals surface area contributed by atoms with E-state index in [4.69, 9.17) is 0 Å². The average molecular weight is 218 g/mol. The van der Waals surface area contributed by atoms with Crippen molar-refractivity contribution in [2.24, 2.45) is 0 Å². The first-order valence-corrected chi connectivity index (χ1v) is 4.57. The summed E-state index contributed by atoms with van der Waals surface area (Å²) in [6.45, 7) is 1.63. The number of carbonyl (C=O) groups excluding carboxylic acids is 1. The molecule has 1 aromatic rings. The molecule has 0 aromatic heterocycles. The number of nitrogens with one attached hydrogen (secondary N) is 1. The fraction of sp³-hybridized carbons (Fsp3) is 0.182. The number of non-ortho nitro benzene ring substituents is 1. The zero-order chi connectivity index (χ0) is 12.0. The maximum absolute atomic E-state index is 10.5. The summed E-state index contributed by atoms with van der Waals surface area (Å²) < 4.78 is 0. The Morgan fingerprint density at radius 1 is 1.56 bits per heavy atom. The minimum absolute atomic E-state index is 0.00586. The normalized spacial score (nSPS) is 8.81. The standard InChI is InChI=1S/C11H10N2O3/c1-9(14)12-7-3-5-10-4-2-6-11(8-10)13(15)16/h2,4,6,8H,7H2,1H3,(H,12,14). The Morgan fingerprint density at radius 2 is 2.31 bits per heavy atom. The van der Waals surface area contributed by atoms with E-state index in [-0.39, 0.29) is 18.1 Å². The van der Waals surface area contributed by atoms with Crippen LogP contribution < -0.4 is 5.32 Å². The maximum Gasteiger partial charge on any atom is 0.270 e. The molecule has 0 heterocycles. The molecule has 5 heteroatoms. The molecule has 16 heavy (non-hydrogen) atoms. The third-order valence-electron chi connectivity index (χ3n) is 1.72. The second kappa shape index (κ2) is 5.51. The van der Waals surface area contributed by atoms with Gasteiger partial charge in [-0.2, -0.15) is 0 Å². The van der Waals surface area contributed by atoms with Crippen molar-refractivity contribution in [2.75, 3.05) is 6.54 Å². The van der Waals surface area contributed by atoms with Crippen molar-refractivity contribution < 1.29 is 9.72 Å². The second-order valence-corrected chi connectivity index (χ2v) is 3.02. The Labute approximate surface area is 92.6 Å². The van der Waals surface area contributed by atoms with Crippen LogP contribution in [0.2, 0.25) is 0 Å². The van der Waals surface area contributed by atoms with Crippen LogP contribution in [0.4, 0.5) is 5.69 Å². The van der Waals surface area contributed by atoms with E-state index in [0.29, 0.717) is 5.56 Å². The molecule has 0 aliphatic heterocycles. The van der Waals surface area contributed by atoms with Crippen LogP contribution in [0.25, 0.3) is 0 Å². The van der Waals surface area contributed by atoms with Gasteiger partial charge in [-0.25, -0.2) is 0 Å². The number of nitro benzene ring substituents is 1. The van der Waals surface area contributed by atoms with E-state index in [0.717, 1.165) is 0 Å². The fourth-order valence-electron chi connectivity index (χ4n) is 1.01. The molecule has 5 nitrogen and oxygen atoms in total. The van der Waals surface area contributed by atoms with Crippen molar-refractivity contribution in [2.45, 2.75) is 6.92 Å². The predicted molar refractivity (Wildman–Crippen MR) is 58.7 cm³/mol. The van der Waals surface area contributed by atoms with Crippen LogP contribution in [0.1, 0.15) is 12.5 Å². The molecular weight excluding hydrogens is 208 g/mol. The maximum atomic E-state index is 10.5. The predicted octanol–water partition coefficient (Wildman–Crippen LogP) is 1.08. The molecule has 1 amide bonds. The third-order valence-corrected chi connectivity index (χ3v) is 1.72. The summed E-state index contributed by atoms with van der Waals surface area (Å²) in [5.41, 5.74) is 0.561. The number of nitro groups is 1. The fourth-order valence-corrected chi connectivity index (χ4v) is 1.01. The molecule has 82 valence electrons. The number of hydrogen-bond acceptors (Lipinski definition) is 3. The van der Waals surface area contributed by atoms with Crippen molar-refractivity contribution >= 4 is 11.6 Å². The van der Waals surface area contributed by atoms with E-state index < -0.39 is 4.92 Å². The van der Waals surface area contributed by atoms with E-state index in [2.05, 4.69) is 17.2 Å². The van der Waals surface area contributed by atoms with Gasteiger partial charge in [-0.15, -0.1) is 0 Å². The van der Waals surface area contributed by atoms with Gasteiger partial charge in [0.15, 0.2) is 0 Å². The lowest BCUT2D eigenvalue weighted by Crippen LogP contribution is -2.19. The first-order valence-electron chi connectivity index (χ1n) is 4.57. The van der Waals surface area contributed by atoms with Gasteiger partial charge in [0, 0.05) is 24.6 Å². The van der Waals surface area contributed by atoms with Crippen molar-refractivity contribution in [1.82, 2.24) is 5.32 Å². The molecule has 0 radical (unpaired) electrons. The van der Waals surface area contributed by atoms with Gasteiger partial charge in [-0.3, -0.25) is 14.9 Å². The molecule has 0 bridgehead atoms. The third kappa shape index (κ3) is 3.80. The highest BCUT2D eigenvalue weighted by Gasteiger charge is 2.03. The van der Waals surface area contributed by atoms with Crippen LogP contribution in [-0.4, -0.2) is 17.4 Å². The van der Waals surface area contributed by atoms with E-state index in [1.807, 2.05) is 0 Å². The van der Waals surface area contributed by atoms with E-state index in [1.165, 1.54) is 19.1 Å². The summed E-state index contributed by atoms with van der Waals surface area (Å²) in [4.78, 5) is 20.5. The quantitative estimate of drug-likeness (QED) is 0.458. The Bertz CT molecular complexity index is 472. The van der Waals surface area contributed by atoms with E-state index in [9.17, 15) is 14.9 Å². The number of amides is 1. The number of benzene rings is 1. The molecular formula is C11H10N2O3. The highest BCUT2D eigenvalue weighted by molar-refractivity contribution is 5.73. The van der Waals surface area contributed by atoms with E-state index >= 15 is 0 Å². The Morgan fingerprint density at radius 3 is 2.94 bits per heavy atom.